The Balaban J connectivity index is 2.93. The lowest BCUT2D eigenvalue weighted by molar-refractivity contribution is 0.0671. The third-order valence-corrected chi connectivity index (χ3v) is 4.14. The third kappa shape index (κ3) is 3.87. The average Bonchev–Trinajstić information content (AvgIpc) is 2.46. The largest absolute Gasteiger partial charge is 0.497 e. The van der Waals surface area contributed by atoms with Gasteiger partial charge in [-0.2, -0.15) is 0 Å². The molecule has 1 aromatic carbocycles. The Morgan fingerprint density at radius 3 is 2.40 bits per heavy atom. The lowest BCUT2D eigenvalue weighted by atomic mass is 9.98. The van der Waals surface area contributed by atoms with Crippen molar-refractivity contribution < 1.29 is 14.6 Å². The molecule has 4 heteroatoms. The van der Waals surface area contributed by atoms with Crippen LogP contribution < -0.4 is 9.47 Å². The molecule has 0 bridgehead atoms. The quantitative estimate of drug-likeness (QED) is 0.834. The molecule has 1 atom stereocenters. The molecule has 0 amide bonds. The van der Waals surface area contributed by atoms with Crippen molar-refractivity contribution in [2.75, 3.05) is 27.8 Å². The standard InChI is InChI=1S/C16H27NO3/c1-7-16(2,3)17(4)11-14(18)13-10-12(19-5)8-9-15(13)20-6/h8-10,14,18H,7,11H2,1-6H3. The molecule has 0 spiro atoms. The topological polar surface area (TPSA) is 41.9 Å². The summed E-state index contributed by atoms with van der Waals surface area (Å²) in [5.74, 6) is 1.40. The highest BCUT2D eigenvalue weighted by molar-refractivity contribution is 5.41. The number of aliphatic hydroxyl groups excluding tert-OH is 1. The number of rotatable bonds is 7. The first-order chi connectivity index (χ1) is 9.35. The Bertz CT molecular complexity index is 432. The maximum Gasteiger partial charge on any atom is 0.124 e. The van der Waals surface area contributed by atoms with Crippen LogP contribution in [0.2, 0.25) is 0 Å². The van der Waals surface area contributed by atoms with Gasteiger partial charge in [0.05, 0.1) is 20.3 Å². The number of aliphatic hydroxyl groups is 1. The summed E-state index contributed by atoms with van der Waals surface area (Å²) in [6.07, 6.45) is 0.404. The highest BCUT2D eigenvalue weighted by atomic mass is 16.5. The first-order valence-corrected chi connectivity index (χ1v) is 6.97. The summed E-state index contributed by atoms with van der Waals surface area (Å²) in [7, 11) is 5.25. The Hall–Kier alpha value is -1.26. The Morgan fingerprint density at radius 2 is 1.90 bits per heavy atom. The van der Waals surface area contributed by atoms with Crippen molar-refractivity contribution in [2.24, 2.45) is 0 Å². The van der Waals surface area contributed by atoms with Gasteiger partial charge in [-0.05, 0) is 45.5 Å². The van der Waals surface area contributed by atoms with Gasteiger partial charge in [-0.1, -0.05) is 6.92 Å². The molecule has 114 valence electrons. The number of ether oxygens (including phenoxy) is 2. The van der Waals surface area contributed by atoms with Gasteiger partial charge >= 0.3 is 0 Å². The van der Waals surface area contributed by atoms with Crippen LogP contribution in [0.4, 0.5) is 0 Å². The maximum atomic E-state index is 10.5. The van der Waals surface area contributed by atoms with E-state index in [4.69, 9.17) is 9.47 Å². The number of nitrogens with zero attached hydrogens (tertiary/aromatic N) is 1. The van der Waals surface area contributed by atoms with E-state index < -0.39 is 6.10 Å². The molecule has 0 saturated carbocycles. The normalized spacial score (nSPS) is 13.4. The molecule has 1 aromatic rings. The van der Waals surface area contributed by atoms with E-state index >= 15 is 0 Å². The Labute approximate surface area is 122 Å². The van der Waals surface area contributed by atoms with Crippen LogP contribution in [-0.4, -0.2) is 43.4 Å². The zero-order chi connectivity index (χ0) is 15.3. The van der Waals surface area contributed by atoms with Crippen molar-refractivity contribution in [1.29, 1.82) is 0 Å². The summed E-state index contributed by atoms with van der Waals surface area (Å²) in [5.41, 5.74) is 0.804. The first-order valence-electron chi connectivity index (χ1n) is 6.97. The monoisotopic (exact) mass is 281 g/mol. The molecule has 0 heterocycles. The number of hydrogen-bond donors (Lipinski definition) is 1. The van der Waals surface area contributed by atoms with E-state index in [1.54, 1.807) is 14.2 Å². The molecule has 4 nitrogen and oxygen atoms in total. The van der Waals surface area contributed by atoms with Gasteiger partial charge < -0.3 is 14.6 Å². The molecular weight excluding hydrogens is 254 g/mol. The molecule has 0 fully saturated rings. The van der Waals surface area contributed by atoms with Crippen molar-refractivity contribution in [3.63, 3.8) is 0 Å². The summed E-state index contributed by atoms with van der Waals surface area (Å²) in [6.45, 7) is 7.03. The van der Waals surface area contributed by atoms with Crippen LogP contribution in [0, 0.1) is 0 Å². The van der Waals surface area contributed by atoms with E-state index in [-0.39, 0.29) is 5.54 Å². The molecule has 0 saturated heterocycles. The van der Waals surface area contributed by atoms with E-state index in [1.807, 2.05) is 25.2 Å². The van der Waals surface area contributed by atoms with E-state index in [2.05, 4.69) is 25.7 Å². The summed E-state index contributed by atoms with van der Waals surface area (Å²) in [4.78, 5) is 2.16. The van der Waals surface area contributed by atoms with Gasteiger partial charge in [0.1, 0.15) is 11.5 Å². The molecule has 0 aromatic heterocycles. The van der Waals surface area contributed by atoms with Gasteiger partial charge in [0.15, 0.2) is 0 Å². The number of benzene rings is 1. The summed E-state index contributed by atoms with van der Waals surface area (Å²) < 4.78 is 10.5. The van der Waals surface area contributed by atoms with E-state index in [1.165, 1.54) is 0 Å². The number of methoxy groups -OCH3 is 2. The lowest BCUT2D eigenvalue weighted by Crippen LogP contribution is -2.42. The Morgan fingerprint density at radius 1 is 1.25 bits per heavy atom. The third-order valence-electron chi connectivity index (χ3n) is 4.14. The van der Waals surface area contributed by atoms with Crippen LogP contribution >= 0.6 is 0 Å². The predicted molar refractivity (Wildman–Crippen MR) is 81.5 cm³/mol. The van der Waals surface area contributed by atoms with Crippen LogP contribution in [-0.2, 0) is 0 Å². The fourth-order valence-electron chi connectivity index (χ4n) is 1.97. The minimum Gasteiger partial charge on any atom is -0.497 e. The highest BCUT2D eigenvalue weighted by Crippen LogP contribution is 2.31. The lowest BCUT2D eigenvalue weighted by Gasteiger charge is -2.36. The van der Waals surface area contributed by atoms with Gasteiger partial charge in [0.2, 0.25) is 0 Å². The second kappa shape index (κ2) is 6.95. The van der Waals surface area contributed by atoms with Gasteiger partial charge in [-0.25, -0.2) is 0 Å². The molecule has 1 N–H and O–H groups in total. The molecule has 1 rings (SSSR count). The van der Waals surface area contributed by atoms with Gasteiger partial charge in [0.25, 0.3) is 0 Å². The van der Waals surface area contributed by atoms with Crippen LogP contribution in [0.5, 0.6) is 11.5 Å². The van der Waals surface area contributed by atoms with Crippen molar-refractivity contribution in [3.05, 3.63) is 23.8 Å². The molecular formula is C16H27NO3. The first kappa shape index (κ1) is 16.8. The zero-order valence-corrected chi connectivity index (χ0v) is 13.4. The number of likely N-dealkylation sites (N-methyl/N-ethyl adjacent to an activating group) is 1. The van der Waals surface area contributed by atoms with Gasteiger partial charge in [0, 0.05) is 17.6 Å². The van der Waals surface area contributed by atoms with Crippen LogP contribution in [0.25, 0.3) is 0 Å². The Kier molecular flexibility index (Phi) is 5.84. The summed E-state index contributed by atoms with van der Waals surface area (Å²) in [6, 6.07) is 5.48. The van der Waals surface area contributed by atoms with Gasteiger partial charge in [-0.3, -0.25) is 4.90 Å². The summed E-state index contributed by atoms with van der Waals surface area (Å²) >= 11 is 0. The SMILES string of the molecule is CCC(C)(C)N(C)CC(O)c1cc(OC)ccc1OC. The van der Waals surface area contributed by atoms with Crippen molar-refractivity contribution in [1.82, 2.24) is 4.90 Å². The van der Waals surface area contributed by atoms with Crippen LogP contribution in [0.15, 0.2) is 18.2 Å². The van der Waals surface area contributed by atoms with Crippen molar-refractivity contribution in [2.45, 2.75) is 38.8 Å². The van der Waals surface area contributed by atoms with Crippen LogP contribution in [0.1, 0.15) is 38.9 Å². The molecule has 0 aliphatic carbocycles. The van der Waals surface area contributed by atoms with Crippen LogP contribution in [0.3, 0.4) is 0 Å². The second-order valence-corrected chi connectivity index (χ2v) is 5.67. The molecule has 0 aliphatic rings. The van der Waals surface area contributed by atoms with Gasteiger partial charge in [-0.15, -0.1) is 0 Å². The maximum absolute atomic E-state index is 10.5. The smallest absolute Gasteiger partial charge is 0.124 e. The van der Waals surface area contributed by atoms with E-state index in [0.29, 0.717) is 12.3 Å². The second-order valence-electron chi connectivity index (χ2n) is 5.67. The number of β-amino-alcohol motifs (C(OH)–C–C–N with tert-alkyl or cyclic N) is 1. The fraction of sp³-hybridized carbons (Fsp3) is 0.625. The molecule has 20 heavy (non-hydrogen) atoms. The zero-order valence-electron chi connectivity index (χ0n) is 13.4. The van der Waals surface area contributed by atoms with Crippen molar-refractivity contribution >= 4 is 0 Å². The predicted octanol–water partition coefficient (Wildman–Crippen LogP) is 2.86. The fourth-order valence-corrected chi connectivity index (χ4v) is 1.97. The number of hydrogen-bond acceptors (Lipinski definition) is 4. The summed E-state index contributed by atoms with van der Waals surface area (Å²) in [5, 5.41) is 10.5. The molecule has 0 aliphatic heterocycles. The minimum atomic E-state index is -0.615. The van der Waals surface area contributed by atoms with E-state index in [9.17, 15) is 5.11 Å². The molecule has 1 unspecified atom stereocenters. The minimum absolute atomic E-state index is 0.0487. The molecule has 0 radical (unpaired) electrons. The van der Waals surface area contributed by atoms with E-state index in [0.717, 1.165) is 17.7 Å². The highest BCUT2D eigenvalue weighted by Gasteiger charge is 2.25. The average molecular weight is 281 g/mol. The van der Waals surface area contributed by atoms with Crippen molar-refractivity contribution in [3.8, 4) is 11.5 Å².